The van der Waals surface area contributed by atoms with Crippen molar-refractivity contribution in [3.63, 3.8) is 0 Å². The maximum atomic E-state index is 15.0. The van der Waals surface area contributed by atoms with Gasteiger partial charge in [-0.1, -0.05) is 6.08 Å². The quantitative estimate of drug-likeness (QED) is 0.383. The molecule has 0 fully saturated rings. The molecule has 9 heteroatoms. The topological polar surface area (TPSA) is 104 Å². The zero-order chi connectivity index (χ0) is 21.4. The van der Waals surface area contributed by atoms with E-state index < -0.39 is 5.82 Å². The molecule has 4 aromatic rings. The molecular formula is C22H22FN7O. The first-order valence-electron chi connectivity index (χ1n) is 10.1. The van der Waals surface area contributed by atoms with Crippen LogP contribution < -0.4 is 15.4 Å². The van der Waals surface area contributed by atoms with Gasteiger partial charge < -0.3 is 20.4 Å². The van der Waals surface area contributed by atoms with E-state index in [1.807, 2.05) is 26.0 Å². The second-order valence-electron chi connectivity index (χ2n) is 7.56. The van der Waals surface area contributed by atoms with Gasteiger partial charge in [-0.15, -0.1) is 0 Å². The fourth-order valence-electron chi connectivity index (χ4n) is 3.63. The number of aromatic amines is 2. The fraction of sp³-hybridized carbons (Fsp3) is 0.227. The molecule has 5 rings (SSSR count). The SMILES string of the molecule is Cc1cc(Nc2cc(C3=CCNCC3)nc(Oc3ccc4[nH]c(C)cc4c3F)n2)n[nH]1. The number of benzene rings is 1. The summed E-state index contributed by atoms with van der Waals surface area (Å²) in [7, 11) is 0. The lowest BCUT2D eigenvalue weighted by atomic mass is 10.1. The van der Waals surface area contributed by atoms with Crippen molar-refractivity contribution in [2.24, 2.45) is 0 Å². The molecule has 0 bridgehead atoms. The van der Waals surface area contributed by atoms with Crippen molar-refractivity contribution in [2.45, 2.75) is 20.3 Å². The van der Waals surface area contributed by atoms with Gasteiger partial charge in [0, 0.05) is 41.0 Å². The Bertz CT molecular complexity index is 1290. The molecule has 0 unspecified atom stereocenters. The molecule has 0 saturated carbocycles. The van der Waals surface area contributed by atoms with Gasteiger partial charge in [-0.05, 0) is 50.6 Å². The summed E-state index contributed by atoms with van der Waals surface area (Å²) in [6.07, 6.45) is 2.92. The van der Waals surface area contributed by atoms with Crippen LogP contribution in [0.3, 0.4) is 0 Å². The van der Waals surface area contributed by atoms with Gasteiger partial charge in [-0.25, -0.2) is 4.39 Å². The zero-order valence-corrected chi connectivity index (χ0v) is 17.2. The number of H-pyrrole nitrogens is 2. The molecule has 1 aliphatic rings. The van der Waals surface area contributed by atoms with Crippen molar-refractivity contribution >= 4 is 28.1 Å². The van der Waals surface area contributed by atoms with Crippen molar-refractivity contribution in [3.05, 3.63) is 59.3 Å². The number of nitrogens with one attached hydrogen (secondary N) is 4. The zero-order valence-electron chi connectivity index (χ0n) is 17.2. The highest BCUT2D eigenvalue weighted by Gasteiger charge is 2.16. The minimum atomic E-state index is -0.450. The van der Waals surface area contributed by atoms with E-state index in [9.17, 15) is 0 Å². The maximum Gasteiger partial charge on any atom is 0.324 e. The predicted molar refractivity (Wildman–Crippen MR) is 117 cm³/mol. The number of fused-ring (bicyclic) bond motifs is 1. The molecule has 0 aliphatic carbocycles. The number of halogens is 1. The standard InChI is InChI=1S/C22H22FN7O/c1-12-9-15-16(25-12)3-4-18(21(15)23)31-22-26-17(14-5-7-24-8-6-14)11-19(28-22)27-20-10-13(2)29-30-20/h3-5,9-11,24-25H,6-8H2,1-2H3,(H2,26,27,28,29,30). The summed E-state index contributed by atoms with van der Waals surface area (Å²) in [6, 6.07) is 8.90. The highest BCUT2D eigenvalue weighted by Crippen LogP contribution is 2.31. The minimum Gasteiger partial charge on any atom is -0.421 e. The number of hydrogen-bond donors (Lipinski definition) is 4. The fourth-order valence-corrected chi connectivity index (χ4v) is 3.63. The second kappa shape index (κ2) is 7.84. The highest BCUT2D eigenvalue weighted by atomic mass is 19.1. The smallest absolute Gasteiger partial charge is 0.324 e. The van der Waals surface area contributed by atoms with Crippen LogP contribution in [-0.2, 0) is 0 Å². The van der Waals surface area contributed by atoms with E-state index in [1.165, 1.54) is 0 Å². The average Bonchev–Trinajstić information content (AvgIpc) is 3.35. The number of rotatable bonds is 5. The summed E-state index contributed by atoms with van der Waals surface area (Å²) in [5.74, 6) is 0.770. The number of ether oxygens (including phenoxy) is 1. The number of aryl methyl sites for hydroxylation is 2. The summed E-state index contributed by atoms with van der Waals surface area (Å²) in [5.41, 5.74) is 4.34. The van der Waals surface area contributed by atoms with E-state index in [2.05, 4.69) is 41.9 Å². The van der Waals surface area contributed by atoms with Gasteiger partial charge in [0.05, 0.1) is 5.69 Å². The number of nitrogens with zero attached hydrogens (tertiary/aromatic N) is 3. The lowest BCUT2D eigenvalue weighted by Gasteiger charge is -2.15. The molecule has 0 radical (unpaired) electrons. The Morgan fingerprint density at radius 2 is 1.97 bits per heavy atom. The predicted octanol–water partition coefficient (Wildman–Crippen LogP) is 4.35. The summed E-state index contributed by atoms with van der Waals surface area (Å²) < 4.78 is 20.8. The summed E-state index contributed by atoms with van der Waals surface area (Å²) in [6.45, 7) is 5.44. The monoisotopic (exact) mass is 419 g/mol. The minimum absolute atomic E-state index is 0.0668. The first kappa shape index (κ1) is 19.3. The third kappa shape index (κ3) is 3.99. The van der Waals surface area contributed by atoms with Crippen LogP contribution in [0.2, 0.25) is 0 Å². The summed E-state index contributed by atoms with van der Waals surface area (Å²) in [4.78, 5) is 12.1. The van der Waals surface area contributed by atoms with Crippen molar-refractivity contribution in [1.29, 1.82) is 0 Å². The van der Waals surface area contributed by atoms with Crippen LogP contribution in [0.15, 0.2) is 36.4 Å². The van der Waals surface area contributed by atoms with Crippen LogP contribution in [0.1, 0.15) is 23.5 Å². The molecule has 158 valence electrons. The Kier molecular flexibility index (Phi) is 4.87. The van der Waals surface area contributed by atoms with Crippen molar-refractivity contribution in [3.8, 4) is 11.8 Å². The first-order valence-corrected chi connectivity index (χ1v) is 10.1. The molecule has 8 nitrogen and oxygen atoms in total. The molecule has 1 aromatic carbocycles. The van der Waals surface area contributed by atoms with Crippen LogP contribution in [0.25, 0.3) is 16.5 Å². The maximum absolute atomic E-state index is 15.0. The van der Waals surface area contributed by atoms with Crippen LogP contribution in [0.4, 0.5) is 16.0 Å². The van der Waals surface area contributed by atoms with Crippen LogP contribution in [-0.4, -0.2) is 38.2 Å². The third-order valence-corrected chi connectivity index (χ3v) is 5.10. The van der Waals surface area contributed by atoms with Gasteiger partial charge in [-0.2, -0.15) is 15.1 Å². The van der Waals surface area contributed by atoms with Gasteiger partial charge in [-0.3, -0.25) is 5.10 Å². The lowest BCUT2D eigenvalue weighted by molar-refractivity contribution is 0.414. The van der Waals surface area contributed by atoms with Crippen molar-refractivity contribution < 1.29 is 9.13 Å². The van der Waals surface area contributed by atoms with E-state index in [0.29, 0.717) is 22.5 Å². The Morgan fingerprint density at radius 3 is 2.74 bits per heavy atom. The molecule has 31 heavy (non-hydrogen) atoms. The molecule has 3 aromatic heterocycles. The molecule has 0 saturated heterocycles. The lowest BCUT2D eigenvalue weighted by Crippen LogP contribution is -2.20. The average molecular weight is 419 g/mol. The summed E-state index contributed by atoms with van der Waals surface area (Å²) in [5, 5.41) is 14.0. The molecule has 0 amide bonds. The third-order valence-electron chi connectivity index (χ3n) is 5.10. The van der Waals surface area contributed by atoms with Gasteiger partial charge in [0.1, 0.15) is 5.82 Å². The molecule has 0 spiro atoms. The molecule has 4 N–H and O–H groups in total. The molecule has 0 atom stereocenters. The van der Waals surface area contributed by atoms with Gasteiger partial charge in [0.15, 0.2) is 17.4 Å². The Morgan fingerprint density at radius 1 is 1.06 bits per heavy atom. The Hall–Kier alpha value is -3.72. The molecule has 1 aliphatic heterocycles. The van der Waals surface area contributed by atoms with Crippen molar-refractivity contribution in [1.82, 2.24) is 30.5 Å². The summed E-state index contributed by atoms with van der Waals surface area (Å²) >= 11 is 0. The number of hydrogen-bond acceptors (Lipinski definition) is 6. The van der Waals surface area contributed by atoms with Crippen LogP contribution in [0, 0.1) is 19.7 Å². The largest absolute Gasteiger partial charge is 0.421 e. The van der Waals surface area contributed by atoms with Crippen LogP contribution >= 0.6 is 0 Å². The number of aromatic nitrogens is 5. The normalized spacial score (nSPS) is 14.0. The van der Waals surface area contributed by atoms with Crippen LogP contribution in [0.5, 0.6) is 11.8 Å². The van der Waals surface area contributed by atoms with Gasteiger partial charge >= 0.3 is 6.01 Å². The number of anilines is 2. The van der Waals surface area contributed by atoms with E-state index in [4.69, 9.17) is 4.74 Å². The molecule has 4 heterocycles. The van der Waals surface area contributed by atoms with E-state index in [1.54, 1.807) is 18.2 Å². The van der Waals surface area contributed by atoms with E-state index >= 15 is 4.39 Å². The first-order chi connectivity index (χ1) is 15.0. The van der Waals surface area contributed by atoms with E-state index in [0.717, 1.165) is 42.2 Å². The highest BCUT2D eigenvalue weighted by molar-refractivity contribution is 5.82. The van der Waals surface area contributed by atoms with Crippen molar-refractivity contribution in [2.75, 3.05) is 18.4 Å². The Balaban J connectivity index is 1.53. The van der Waals surface area contributed by atoms with Gasteiger partial charge in [0.25, 0.3) is 0 Å². The molecular weight excluding hydrogens is 397 g/mol. The Labute approximate surface area is 178 Å². The van der Waals surface area contributed by atoms with E-state index in [-0.39, 0.29) is 11.8 Å². The second-order valence-corrected chi connectivity index (χ2v) is 7.56. The van der Waals surface area contributed by atoms with Gasteiger partial charge in [0.2, 0.25) is 0 Å².